The zero-order valence-corrected chi connectivity index (χ0v) is 13.1. The first-order valence-corrected chi connectivity index (χ1v) is 7.22. The lowest BCUT2D eigenvalue weighted by molar-refractivity contribution is 0.0464. The standard InChI is InChI=1S/C18H21NO2/c1-5-16-13(3)12(2)14(4)19-17(16)18(20)21-11-15-9-7-6-8-10-15/h6-10H,5,11H2,1-4H3. The maximum absolute atomic E-state index is 12.3. The number of aromatic nitrogens is 1. The normalized spacial score (nSPS) is 10.5. The lowest BCUT2D eigenvalue weighted by Crippen LogP contribution is -2.14. The van der Waals surface area contributed by atoms with Crippen LogP contribution in [-0.4, -0.2) is 11.0 Å². The molecule has 0 aliphatic rings. The van der Waals surface area contributed by atoms with E-state index in [0.717, 1.165) is 34.4 Å². The molecule has 0 saturated heterocycles. The molecule has 2 aromatic rings. The zero-order chi connectivity index (χ0) is 15.4. The number of aryl methyl sites for hydroxylation is 1. The first-order chi connectivity index (χ1) is 10.0. The van der Waals surface area contributed by atoms with E-state index in [9.17, 15) is 4.79 Å². The van der Waals surface area contributed by atoms with Gasteiger partial charge in [-0.05, 0) is 49.4 Å². The molecular formula is C18H21NO2. The third-order valence-electron chi connectivity index (χ3n) is 3.88. The van der Waals surface area contributed by atoms with E-state index in [1.54, 1.807) is 0 Å². The highest BCUT2D eigenvalue weighted by Gasteiger charge is 2.18. The van der Waals surface area contributed by atoms with Crippen LogP contribution in [0.4, 0.5) is 0 Å². The van der Waals surface area contributed by atoms with Crippen LogP contribution in [0, 0.1) is 20.8 Å². The van der Waals surface area contributed by atoms with Crippen LogP contribution in [0.3, 0.4) is 0 Å². The lowest BCUT2D eigenvalue weighted by Gasteiger charge is -2.14. The summed E-state index contributed by atoms with van der Waals surface area (Å²) in [6.45, 7) is 8.31. The van der Waals surface area contributed by atoms with Gasteiger partial charge in [0.05, 0.1) is 0 Å². The Morgan fingerprint density at radius 2 is 1.76 bits per heavy atom. The highest BCUT2D eigenvalue weighted by atomic mass is 16.5. The molecule has 0 unspecified atom stereocenters. The second-order valence-corrected chi connectivity index (χ2v) is 5.19. The molecule has 0 spiro atoms. The van der Waals surface area contributed by atoms with Crippen molar-refractivity contribution in [2.24, 2.45) is 0 Å². The molecule has 1 aromatic carbocycles. The van der Waals surface area contributed by atoms with Gasteiger partial charge in [0.25, 0.3) is 0 Å². The molecule has 0 fully saturated rings. The van der Waals surface area contributed by atoms with Crippen molar-refractivity contribution in [1.29, 1.82) is 0 Å². The topological polar surface area (TPSA) is 39.2 Å². The molecule has 0 aliphatic heterocycles. The first-order valence-electron chi connectivity index (χ1n) is 7.22. The van der Waals surface area contributed by atoms with Crippen molar-refractivity contribution >= 4 is 5.97 Å². The van der Waals surface area contributed by atoms with Crippen LogP contribution in [0.2, 0.25) is 0 Å². The number of benzene rings is 1. The number of pyridine rings is 1. The van der Waals surface area contributed by atoms with E-state index in [1.165, 1.54) is 0 Å². The molecule has 3 nitrogen and oxygen atoms in total. The molecule has 0 aliphatic carbocycles. The Hall–Kier alpha value is -2.16. The summed E-state index contributed by atoms with van der Waals surface area (Å²) in [5, 5.41) is 0. The van der Waals surface area contributed by atoms with Crippen LogP contribution >= 0.6 is 0 Å². The van der Waals surface area contributed by atoms with Crippen LogP contribution in [0.5, 0.6) is 0 Å². The maximum Gasteiger partial charge on any atom is 0.357 e. The Balaban J connectivity index is 2.23. The van der Waals surface area contributed by atoms with Crippen LogP contribution in [0.1, 0.15) is 45.4 Å². The average Bonchev–Trinajstić information content (AvgIpc) is 2.51. The van der Waals surface area contributed by atoms with E-state index in [-0.39, 0.29) is 12.6 Å². The third kappa shape index (κ3) is 3.30. The summed E-state index contributed by atoms with van der Waals surface area (Å²) in [7, 11) is 0. The number of hydrogen-bond acceptors (Lipinski definition) is 3. The predicted molar refractivity (Wildman–Crippen MR) is 83.4 cm³/mol. The fourth-order valence-corrected chi connectivity index (χ4v) is 2.39. The van der Waals surface area contributed by atoms with Gasteiger partial charge in [-0.3, -0.25) is 0 Å². The van der Waals surface area contributed by atoms with Gasteiger partial charge < -0.3 is 4.74 Å². The van der Waals surface area contributed by atoms with Crippen molar-refractivity contribution in [1.82, 2.24) is 4.98 Å². The minimum absolute atomic E-state index is 0.274. The van der Waals surface area contributed by atoms with Gasteiger partial charge >= 0.3 is 5.97 Å². The van der Waals surface area contributed by atoms with E-state index >= 15 is 0 Å². The molecule has 0 saturated carbocycles. The van der Waals surface area contributed by atoms with Gasteiger partial charge in [0.2, 0.25) is 0 Å². The largest absolute Gasteiger partial charge is 0.456 e. The fraction of sp³-hybridized carbons (Fsp3) is 0.333. The Morgan fingerprint density at radius 3 is 2.38 bits per heavy atom. The SMILES string of the molecule is CCc1c(C(=O)OCc2ccccc2)nc(C)c(C)c1C. The first kappa shape index (κ1) is 15.2. The van der Waals surface area contributed by atoms with Crippen molar-refractivity contribution in [3.05, 3.63) is 64.0 Å². The summed E-state index contributed by atoms with van der Waals surface area (Å²) in [5.74, 6) is -0.345. The number of nitrogens with zero attached hydrogens (tertiary/aromatic N) is 1. The summed E-state index contributed by atoms with van der Waals surface area (Å²) in [6, 6.07) is 9.67. The van der Waals surface area contributed by atoms with Crippen molar-refractivity contribution in [3.63, 3.8) is 0 Å². The van der Waals surface area contributed by atoms with Crippen LogP contribution < -0.4 is 0 Å². The smallest absolute Gasteiger partial charge is 0.357 e. The number of esters is 1. The minimum Gasteiger partial charge on any atom is -0.456 e. The molecule has 1 aromatic heterocycles. The summed E-state index contributed by atoms with van der Waals surface area (Å²) in [4.78, 5) is 16.8. The molecule has 0 amide bonds. The molecular weight excluding hydrogens is 262 g/mol. The van der Waals surface area contributed by atoms with E-state index in [0.29, 0.717) is 5.69 Å². The lowest BCUT2D eigenvalue weighted by atomic mass is 9.99. The summed E-state index contributed by atoms with van der Waals surface area (Å²) in [5.41, 5.74) is 5.58. The second-order valence-electron chi connectivity index (χ2n) is 5.19. The predicted octanol–water partition coefficient (Wildman–Crippen LogP) is 3.93. The highest BCUT2D eigenvalue weighted by Crippen LogP contribution is 2.20. The van der Waals surface area contributed by atoms with E-state index in [4.69, 9.17) is 4.74 Å². The number of rotatable bonds is 4. The summed E-state index contributed by atoms with van der Waals surface area (Å²) in [6.07, 6.45) is 0.774. The third-order valence-corrected chi connectivity index (χ3v) is 3.88. The Kier molecular flexibility index (Phi) is 4.73. The van der Waals surface area contributed by atoms with Gasteiger partial charge in [0, 0.05) is 5.69 Å². The molecule has 2 rings (SSSR count). The Labute approximate surface area is 126 Å². The number of ether oxygens (including phenoxy) is 1. The van der Waals surface area contributed by atoms with E-state index in [1.807, 2.05) is 58.0 Å². The van der Waals surface area contributed by atoms with Gasteiger partial charge in [-0.1, -0.05) is 37.3 Å². The summed E-state index contributed by atoms with van der Waals surface area (Å²) >= 11 is 0. The van der Waals surface area contributed by atoms with Gasteiger partial charge in [-0.25, -0.2) is 9.78 Å². The van der Waals surface area contributed by atoms with Crippen molar-refractivity contribution in [2.75, 3.05) is 0 Å². The molecule has 3 heteroatoms. The minimum atomic E-state index is -0.345. The molecule has 0 radical (unpaired) electrons. The number of hydrogen-bond donors (Lipinski definition) is 0. The molecule has 21 heavy (non-hydrogen) atoms. The monoisotopic (exact) mass is 283 g/mol. The average molecular weight is 283 g/mol. The van der Waals surface area contributed by atoms with Crippen molar-refractivity contribution in [2.45, 2.75) is 40.7 Å². The molecule has 0 atom stereocenters. The number of carbonyl (C=O) groups is 1. The molecule has 1 heterocycles. The Morgan fingerprint density at radius 1 is 1.10 bits per heavy atom. The van der Waals surface area contributed by atoms with Crippen LogP contribution in [-0.2, 0) is 17.8 Å². The Bertz CT molecular complexity index is 648. The molecule has 110 valence electrons. The quantitative estimate of drug-likeness (QED) is 0.798. The van der Waals surface area contributed by atoms with Gasteiger partial charge in [0.15, 0.2) is 5.69 Å². The van der Waals surface area contributed by atoms with Crippen molar-refractivity contribution < 1.29 is 9.53 Å². The number of carbonyl (C=O) groups excluding carboxylic acids is 1. The second kappa shape index (κ2) is 6.53. The van der Waals surface area contributed by atoms with Gasteiger partial charge in [-0.15, -0.1) is 0 Å². The van der Waals surface area contributed by atoms with Crippen LogP contribution in [0.15, 0.2) is 30.3 Å². The molecule has 0 N–H and O–H groups in total. The van der Waals surface area contributed by atoms with E-state index in [2.05, 4.69) is 4.98 Å². The highest BCUT2D eigenvalue weighted by molar-refractivity contribution is 5.89. The van der Waals surface area contributed by atoms with Gasteiger partial charge in [-0.2, -0.15) is 0 Å². The van der Waals surface area contributed by atoms with Crippen molar-refractivity contribution in [3.8, 4) is 0 Å². The molecule has 0 bridgehead atoms. The van der Waals surface area contributed by atoms with Gasteiger partial charge in [0.1, 0.15) is 6.61 Å². The summed E-state index contributed by atoms with van der Waals surface area (Å²) < 4.78 is 5.41. The van der Waals surface area contributed by atoms with E-state index < -0.39 is 0 Å². The fourth-order valence-electron chi connectivity index (χ4n) is 2.39. The zero-order valence-electron chi connectivity index (χ0n) is 13.1. The maximum atomic E-state index is 12.3. The van der Waals surface area contributed by atoms with Crippen LogP contribution in [0.25, 0.3) is 0 Å².